The van der Waals surface area contributed by atoms with E-state index in [1.54, 1.807) is 24.3 Å². The highest BCUT2D eigenvalue weighted by atomic mass is 79.9. The van der Waals surface area contributed by atoms with Gasteiger partial charge in [0.25, 0.3) is 0 Å². The molecule has 0 spiro atoms. The van der Waals surface area contributed by atoms with Gasteiger partial charge in [-0.05, 0) is 70.4 Å². The van der Waals surface area contributed by atoms with Crippen LogP contribution in [0.1, 0.15) is 42.4 Å². The zero-order valence-electron chi connectivity index (χ0n) is 24.5. The maximum absolute atomic E-state index is 14.1. The molecule has 1 aliphatic heterocycles. The number of allylic oxidation sites excluding steroid dienone is 6. The topological polar surface area (TPSA) is 101 Å². The number of rotatable bonds is 6. The summed E-state index contributed by atoms with van der Waals surface area (Å²) in [4.78, 5) is 56.1. The van der Waals surface area contributed by atoms with Gasteiger partial charge < -0.3 is 9.84 Å². The monoisotopic (exact) mass is 663 g/mol. The Kier molecular flexibility index (Phi) is 7.40. The van der Waals surface area contributed by atoms with E-state index in [1.807, 2.05) is 55.5 Å². The minimum Gasteiger partial charge on any atom is -0.507 e. The number of hydrogen-bond donors (Lipinski definition) is 1. The molecule has 0 saturated carbocycles. The van der Waals surface area contributed by atoms with E-state index in [1.165, 1.54) is 17.0 Å². The van der Waals surface area contributed by atoms with Crippen LogP contribution in [0.25, 0.3) is 0 Å². The second-order valence-electron chi connectivity index (χ2n) is 11.9. The van der Waals surface area contributed by atoms with E-state index in [0.29, 0.717) is 41.2 Å². The molecule has 7 nitrogen and oxygen atoms in total. The van der Waals surface area contributed by atoms with E-state index in [0.717, 1.165) is 23.1 Å². The van der Waals surface area contributed by atoms with Crippen molar-refractivity contribution >= 4 is 45.0 Å². The van der Waals surface area contributed by atoms with Crippen molar-refractivity contribution in [2.45, 2.75) is 38.7 Å². The molecule has 0 bridgehead atoms. The van der Waals surface area contributed by atoms with Crippen LogP contribution in [0.5, 0.6) is 11.5 Å². The van der Waals surface area contributed by atoms with E-state index in [-0.39, 0.29) is 40.0 Å². The number of imide groups is 1. The molecule has 8 heteroatoms. The number of amides is 2. The van der Waals surface area contributed by atoms with E-state index in [9.17, 15) is 24.3 Å². The van der Waals surface area contributed by atoms with Crippen LogP contribution >= 0.6 is 15.9 Å². The van der Waals surface area contributed by atoms with Crippen molar-refractivity contribution in [3.63, 3.8) is 0 Å². The molecule has 1 N–H and O–H groups in total. The average Bonchev–Trinajstić information content (AvgIpc) is 3.31. The number of fused-ring (bicyclic) bond motifs is 3. The fourth-order valence-corrected chi connectivity index (χ4v) is 7.74. The van der Waals surface area contributed by atoms with Crippen LogP contribution in [0.3, 0.4) is 0 Å². The number of ketones is 2. The Morgan fingerprint density at radius 1 is 0.911 bits per heavy atom. The predicted octanol–water partition coefficient (Wildman–Crippen LogP) is 6.50. The first-order chi connectivity index (χ1) is 21.8. The van der Waals surface area contributed by atoms with Crippen molar-refractivity contribution in [2.24, 2.45) is 17.8 Å². The average molecular weight is 665 g/mol. The van der Waals surface area contributed by atoms with Crippen LogP contribution in [0.2, 0.25) is 0 Å². The molecule has 7 rings (SSSR count). The Morgan fingerprint density at radius 3 is 2.38 bits per heavy atom. The summed E-state index contributed by atoms with van der Waals surface area (Å²) in [5.41, 5.74) is 4.45. The summed E-state index contributed by atoms with van der Waals surface area (Å²) in [6, 6.07) is 22.1. The maximum atomic E-state index is 14.1. The minimum absolute atomic E-state index is 0.0820. The first kappa shape index (κ1) is 29.2. The number of phenols is 1. The number of aryl methyl sites for hydroxylation is 1. The third-order valence-corrected chi connectivity index (χ3v) is 10.1. The number of nitrogens with zero attached hydrogens (tertiary/aromatic N) is 1. The highest BCUT2D eigenvalue weighted by Crippen LogP contribution is 2.56. The summed E-state index contributed by atoms with van der Waals surface area (Å²) in [5.74, 6) is -3.33. The highest BCUT2D eigenvalue weighted by Gasteiger charge is 2.56. The predicted molar refractivity (Wildman–Crippen MR) is 172 cm³/mol. The molecule has 0 aromatic heterocycles. The normalized spacial score (nSPS) is 24.2. The van der Waals surface area contributed by atoms with E-state index >= 15 is 0 Å². The molecule has 4 atom stereocenters. The molecule has 1 heterocycles. The zero-order chi connectivity index (χ0) is 31.4. The van der Waals surface area contributed by atoms with Crippen molar-refractivity contribution in [3.8, 4) is 11.5 Å². The van der Waals surface area contributed by atoms with Gasteiger partial charge in [0, 0.05) is 34.8 Å². The molecule has 3 aromatic carbocycles. The van der Waals surface area contributed by atoms with Gasteiger partial charge in [0.1, 0.15) is 18.1 Å². The molecule has 1 fully saturated rings. The second kappa shape index (κ2) is 11.4. The fourth-order valence-electron chi connectivity index (χ4n) is 7.30. The number of benzene rings is 3. The number of halogens is 1. The molecule has 0 unspecified atom stereocenters. The van der Waals surface area contributed by atoms with Crippen molar-refractivity contribution in [3.05, 3.63) is 123 Å². The molecule has 1 saturated heterocycles. The van der Waals surface area contributed by atoms with Gasteiger partial charge in [0.2, 0.25) is 11.8 Å². The van der Waals surface area contributed by atoms with Gasteiger partial charge in [-0.3, -0.25) is 24.1 Å². The Hall–Kier alpha value is -4.56. The number of anilines is 1. The standard InChI is InChI=1S/C37H30BrNO6/c1-2-20-8-10-22(11-9-20)39-36(43)26-15-14-24-27(33(26)37(39)44)17-28-34(31(41)18-29(38)35(28)42)32(24)25-13-12-23(16-30(25)40)45-19-21-6-4-3-5-7-21/h3-14,16,18,26-27,32-33,40H,2,15,17,19H2,1H3/t26-,27+,32+,33-/m0/s1. The van der Waals surface area contributed by atoms with Gasteiger partial charge in [-0.2, -0.15) is 0 Å². The first-order valence-corrected chi connectivity index (χ1v) is 15.9. The molecule has 4 aliphatic rings. The van der Waals surface area contributed by atoms with Gasteiger partial charge in [0.05, 0.1) is 22.0 Å². The smallest absolute Gasteiger partial charge is 0.238 e. The summed E-state index contributed by atoms with van der Waals surface area (Å²) in [6.07, 6.45) is 4.54. The third kappa shape index (κ3) is 4.88. The molecular weight excluding hydrogens is 634 g/mol. The van der Waals surface area contributed by atoms with Gasteiger partial charge in [-0.1, -0.05) is 67.1 Å². The maximum Gasteiger partial charge on any atom is 0.238 e. The zero-order valence-corrected chi connectivity index (χ0v) is 26.1. The minimum atomic E-state index is -0.753. The Bertz CT molecular complexity index is 1860. The lowest BCUT2D eigenvalue weighted by Gasteiger charge is -2.42. The number of ether oxygens (including phenoxy) is 1. The molecule has 226 valence electrons. The quantitative estimate of drug-likeness (QED) is 0.184. The number of Topliss-reactive ketones (excluding diaryl/α,β-unsaturated/α-hetero) is 1. The van der Waals surface area contributed by atoms with Crippen molar-refractivity contribution in [1.82, 2.24) is 0 Å². The summed E-state index contributed by atoms with van der Waals surface area (Å²) >= 11 is 3.26. The van der Waals surface area contributed by atoms with Gasteiger partial charge in [0.15, 0.2) is 11.6 Å². The van der Waals surface area contributed by atoms with Crippen molar-refractivity contribution in [1.29, 1.82) is 0 Å². The van der Waals surface area contributed by atoms with Crippen LogP contribution in [-0.2, 0) is 32.2 Å². The number of hydrogen-bond acceptors (Lipinski definition) is 6. The van der Waals surface area contributed by atoms with Gasteiger partial charge in [-0.15, -0.1) is 0 Å². The highest BCUT2D eigenvalue weighted by molar-refractivity contribution is 9.12. The molecular formula is C37H30BrNO6. The van der Waals surface area contributed by atoms with Crippen molar-refractivity contribution in [2.75, 3.05) is 4.90 Å². The van der Waals surface area contributed by atoms with Gasteiger partial charge in [-0.25, -0.2) is 0 Å². The SMILES string of the molecule is CCc1ccc(N2C(=O)[C@H]3[C@H](CC=C4[C@H](c5ccc(OCc6ccccc6)cc5O)C5=C(C[C@H]43)C(=O)C(Br)=CC5=O)C2=O)cc1. The number of carbonyl (C=O) groups is 4. The molecule has 2 amide bonds. The van der Waals surface area contributed by atoms with E-state index in [2.05, 4.69) is 15.9 Å². The van der Waals surface area contributed by atoms with Crippen LogP contribution in [-0.4, -0.2) is 28.5 Å². The van der Waals surface area contributed by atoms with Crippen LogP contribution in [0.4, 0.5) is 5.69 Å². The van der Waals surface area contributed by atoms with Crippen LogP contribution < -0.4 is 9.64 Å². The summed E-state index contributed by atoms with van der Waals surface area (Å²) in [6.45, 7) is 2.35. The first-order valence-electron chi connectivity index (χ1n) is 15.1. The third-order valence-electron chi connectivity index (χ3n) is 9.50. The molecule has 45 heavy (non-hydrogen) atoms. The van der Waals surface area contributed by atoms with E-state index in [4.69, 9.17) is 4.74 Å². The summed E-state index contributed by atoms with van der Waals surface area (Å²) < 4.78 is 6.08. The Balaban J connectivity index is 1.27. The molecule has 0 radical (unpaired) electrons. The lowest BCUT2D eigenvalue weighted by atomic mass is 9.59. The number of aromatic hydroxyl groups is 1. The summed E-state index contributed by atoms with van der Waals surface area (Å²) in [5, 5.41) is 11.4. The number of carbonyl (C=O) groups excluding carboxylic acids is 4. The van der Waals surface area contributed by atoms with Crippen LogP contribution in [0, 0.1) is 17.8 Å². The molecule has 3 aromatic rings. The Morgan fingerprint density at radius 2 is 1.67 bits per heavy atom. The van der Waals surface area contributed by atoms with E-state index < -0.39 is 23.7 Å². The lowest BCUT2D eigenvalue weighted by molar-refractivity contribution is -0.123. The number of phenolic OH excluding ortho intramolecular Hbond substituents is 1. The van der Waals surface area contributed by atoms with Gasteiger partial charge >= 0.3 is 0 Å². The second-order valence-corrected chi connectivity index (χ2v) is 12.8. The van der Waals surface area contributed by atoms with Crippen molar-refractivity contribution < 1.29 is 29.0 Å². The largest absolute Gasteiger partial charge is 0.507 e. The Labute approximate surface area is 269 Å². The fraction of sp³-hybridized carbons (Fsp3) is 0.243. The lowest BCUT2D eigenvalue weighted by Crippen LogP contribution is -2.39. The summed E-state index contributed by atoms with van der Waals surface area (Å²) in [7, 11) is 0. The molecule has 3 aliphatic carbocycles. The van der Waals surface area contributed by atoms with Crippen LogP contribution in [0.15, 0.2) is 106 Å².